The molecule has 8 heteroatoms. The molecule has 3 aromatic rings. The Balaban J connectivity index is 2.09. The topological polar surface area (TPSA) is 64.6 Å². The predicted molar refractivity (Wildman–Crippen MR) is 113 cm³/mol. The van der Waals surface area contributed by atoms with Crippen molar-refractivity contribution in [1.82, 2.24) is 0 Å². The van der Waals surface area contributed by atoms with Crippen LogP contribution >= 0.6 is 22.9 Å². The molecule has 1 aromatic heterocycles. The van der Waals surface area contributed by atoms with E-state index in [1.807, 2.05) is 6.92 Å². The van der Waals surface area contributed by atoms with Crippen molar-refractivity contribution in [3.63, 3.8) is 0 Å². The molecule has 1 heterocycles. The highest BCUT2D eigenvalue weighted by Crippen LogP contribution is 2.43. The second kappa shape index (κ2) is 8.80. The normalized spacial score (nSPS) is 10.8. The smallest absolute Gasteiger partial charge is 0.341 e. The van der Waals surface area contributed by atoms with E-state index in [-0.39, 0.29) is 35.3 Å². The van der Waals surface area contributed by atoms with Gasteiger partial charge in [0.25, 0.3) is 0 Å². The zero-order chi connectivity index (χ0) is 21.1. The van der Waals surface area contributed by atoms with Crippen LogP contribution in [-0.4, -0.2) is 18.5 Å². The number of carbonyl (C=O) groups is 2. The zero-order valence-electron chi connectivity index (χ0n) is 16.1. The highest BCUT2D eigenvalue weighted by molar-refractivity contribution is 7.23. The minimum atomic E-state index is -0.533. The largest absolute Gasteiger partial charge is 0.487 e. The lowest BCUT2D eigenvalue weighted by Gasteiger charge is -2.12. The average Bonchev–Trinajstić information content (AvgIpc) is 3.00. The van der Waals surface area contributed by atoms with E-state index in [4.69, 9.17) is 21.1 Å². The lowest BCUT2D eigenvalue weighted by molar-refractivity contribution is -0.114. The highest BCUT2D eigenvalue weighted by Gasteiger charge is 2.24. The van der Waals surface area contributed by atoms with Crippen LogP contribution in [0.2, 0.25) is 5.02 Å². The van der Waals surface area contributed by atoms with Crippen LogP contribution in [0.5, 0.6) is 5.75 Å². The second-order valence-electron chi connectivity index (χ2n) is 6.28. The molecule has 0 unspecified atom stereocenters. The standard InChI is InChI=1S/C21H19ClFNO4S/c1-4-27-21(26)17-13-9-8-11(2)18(19(13)29-20(17)24-12(3)25)28-10-14-15(22)6-5-7-16(14)23/h5-9H,4,10H2,1-3H3,(H,24,25). The maximum Gasteiger partial charge on any atom is 0.341 e. The molecule has 3 rings (SSSR count). The summed E-state index contributed by atoms with van der Waals surface area (Å²) >= 11 is 7.30. The van der Waals surface area contributed by atoms with Crippen LogP contribution in [-0.2, 0) is 16.1 Å². The third-order valence-corrected chi connectivity index (χ3v) is 5.68. The number of aryl methyl sites for hydroxylation is 1. The molecule has 0 spiro atoms. The summed E-state index contributed by atoms with van der Waals surface area (Å²) in [5.74, 6) is -0.803. The molecule has 0 bridgehead atoms. The summed E-state index contributed by atoms with van der Waals surface area (Å²) < 4.78 is 25.8. The van der Waals surface area contributed by atoms with Gasteiger partial charge in [-0.25, -0.2) is 9.18 Å². The fourth-order valence-electron chi connectivity index (χ4n) is 2.88. The van der Waals surface area contributed by atoms with Crippen LogP contribution in [0.3, 0.4) is 0 Å². The molecular formula is C21H19ClFNO4S. The van der Waals surface area contributed by atoms with Crippen molar-refractivity contribution < 1.29 is 23.5 Å². The Bertz CT molecular complexity index is 1080. The van der Waals surface area contributed by atoms with E-state index >= 15 is 0 Å². The van der Waals surface area contributed by atoms with Crippen molar-refractivity contribution in [3.05, 3.63) is 57.9 Å². The van der Waals surface area contributed by atoms with E-state index in [0.717, 1.165) is 5.56 Å². The summed E-state index contributed by atoms with van der Waals surface area (Å²) in [5.41, 5.74) is 1.32. The fourth-order valence-corrected chi connectivity index (χ4v) is 4.39. The van der Waals surface area contributed by atoms with E-state index in [1.165, 1.54) is 30.4 Å². The van der Waals surface area contributed by atoms with Gasteiger partial charge in [-0.3, -0.25) is 4.79 Å². The first-order valence-electron chi connectivity index (χ1n) is 8.90. The minimum absolute atomic E-state index is 0.0758. The number of rotatable bonds is 6. The number of benzene rings is 2. The van der Waals surface area contributed by atoms with Crippen LogP contribution in [0.15, 0.2) is 30.3 Å². The maximum absolute atomic E-state index is 14.1. The summed E-state index contributed by atoms with van der Waals surface area (Å²) in [5, 5.41) is 3.93. The first-order chi connectivity index (χ1) is 13.8. The predicted octanol–water partition coefficient (Wildman–Crippen LogP) is 5.72. The van der Waals surface area contributed by atoms with Crippen molar-refractivity contribution in [2.45, 2.75) is 27.4 Å². The Kier molecular flexibility index (Phi) is 6.39. The SMILES string of the molecule is CCOC(=O)c1c(NC(C)=O)sc2c(OCc3c(F)cccc3Cl)c(C)ccc12. The summed E-state index contributed by atoms with van der Waals surface area (Å²) in [6.07, 6.45) is 0. The van der Waals surface area contributed by atoms with Gasteiger partial charge < -0.3 is 14.8 Å². The number of ether oxygens (including phenoxy) is 2. The number of carbonyl (C=O) groups excluding carboxylic acids is 2. The van der Waals surface area contributed by atoms with Gasteiger partial charge in [-0.1, -0.05) is 29.8 Å². The maximum atomic E-state index is 14.1. The number of anilines is 1. The number of esters is 1. The third kappa shape index (κ3) is 4.36. The first kappa shape index (κ1) is 21.1. The van der Waals surface area contributed by atoms with Gasteiger partial charge in [-0.15, -0.1) is 11.3 Å². The molecule has 5 nitrogen and oxygen atoms in total. The Labute approximate surface area is 176 Å². The molecule has 0 fully saturated rings. The number of fused-ring (bicyclic) bond motifs is 1. The van der Waals surface area contributed by atoms with Gasteiger partial charge in [0.1, 0.15) is 28.7 Å². The average molecular weight is 436 g/mol. The summed E-state index contributed by atoms with van der Waals surface area (Å²) in [7, 11) is 0. The Morgan fingerprint density at radius 1 is 1.24 bits per heavy atom. The van der Waals surface area contributed by atoms with Gasteiger partial charge in [0.15, 0.2) is 0 Å². The zero-order valence-corrected chi connectivity index (χ0v) is 17.7. The van der Waals surface area contributed by atoms with Crippen LogP contribution in [0.4, 0.5) is 9.39 Å². The summed E-state index contributed by atoms with van der Waals surface area (Å²) in [4.78, 5) is 24.1. The number of hydrogen-bond donors (Lipinski definition) is 1. The number of hydrogen-bond acceptors (Lipinski definition) is 5. The molecule has 1 N–H and O–H groups in total. The fraction of sp³-hybridized carbons (Fsp3) is 0.238. The molecule has 0 radical (unpaired) electrons. The van der Waals surface area contributed by atoms with Gasteiger partial charge in [-0.2, -0.15) is 0 Å². The molecule has 0 saturated carbocycles. The quantitative estimate of drug-likeness (QED) is 0.503. The van der Waals surface area contributed by atoms with E-state index in [2.05, 4.69) is 5.32 Å². The number of thiophene rings is 1. The third-order valence-electron chi connectivity index (χ3n) is 4.20. The number of nitrogens with one attached hydrogen (secondary N) is 1. The summed E-state index contributed by atoms with van der Waals surface area (Å²) in [6.45, 7) is 5.05. The summed E-state index contributed by atoms with van der Waals surface area (Å²) in [6, 6.07) is 8.01. The molecule has 152 valence electrons. The van der Waals surface area contributed by atoms with Gasteiger partial charge in [-0.05, 0) is 31.5 Å². The monoisotopic (exact) mass is 435 g/mol. The molecule has 0 aliphatic heterocycles. The number of halogens is 2. The molecule has 0 aliphatic carbocycles. The van der Waals surface area contributed by atoms with Crippen molar-refractivity contribution in [3.8, 4) is 5.75 Å². The second-order valence-corrected chi connectivity index (χ2v) is 7.71. The van der Waals surface area contributed by atoms with Gasteiger partial charge >= 0.3 is 5.97 Å². The minimum Gasteiger partial charge on any atom is -0.487 e. The van der Waals surface area contributed by atoms with Gasteiger partial charge in [0, 0.05) is 17.9 Å². The Hall–Kier alpha value is -2.64. The molecule has 29 heavy (non-hydrogen) atoms. The molecule has 1 amide bonds. The molecule has 0 aliphatic rings. The van der Waals surface area contributed by atoms with Crippen LogP contribution in [0.25, 0.3) is 10.1 Å². The van der Waals surface area contributed by atoms with Crippen LogP contribution in [0, 0.1) is 12.7 Å². The van der Waals surface area contributed by atoms with E-state index in [1.54, 1.807) is 25.1 Å². The first-order valence-corrected chi connectivity index (χ1v) is 10.1. The van der Waals surface area contributed by atoms with Crippen molar-refractivity contribution >= 4 is 49.9 Å². The highest BCUT2D eigenvalue weighted by atomic mass is 35.5. The molecule has 2 aromatic carbocycles. The van der Waals surface area contributed by atoms with Crippen molar-refractivity contribution in [1.29, 1.82) is 0 Å². The van der Waals surface area contributed by atoms with Crippen molar-refractivity contribution in [2.24, 2.45) is 0 Å². The molecule has 0 atom stereocenters. The Morgan fingerprint density at radius 2 is 2.00 bits per heavy atom. The molecule has 0 saturated heterocycles. The Morgan fingerprint density at radius 3 is 2.66 bits per heavy atom. The molecular weight excluding hydrogens is 417 g/mol. The van der Waals surface area contributed by atoms with Crippen LogP contribution in [0.1, 0.15) is 35.3 Å². The van der Waals surface area contributed by atoms with E-state index in [9.17, 15) is 14.0 Å². The van der Waals surface area contributed by atoms with Crippen LogP contribution < -0.4 is 10.1 Å². The van der Waals surface area contributed by atoms with E-state index < -0.39 is 11.8 Å². The van der Waals surface area contributed by atoms with E-state index in [0.29, 0.717) is 20.8 Å². The van der Waals surface area contributed by atoms with Gasteiger partial charge in [0.05, 0.1) is 16.3 Å². The lowest BCUT2D eigenvalue weighted by atomic mass is 10.1. The van der Waals surface area contributed by atoms with Crippen molar-refractivity contribution in [2.75, 3.05) is 11.9 Å². The van der Waals surface area contributed by atoms with Gasteiger partial charge in [0.2, 0.25) is 5.91 Å². The number of amides is 1. The lowest BCUT2D eigenvalue weighted by Crippen LogP contribution is -2.10.